The zero-order valence-electron chi connectivity index (χ0n) is 13.0. The first-order valence-electron chi connectivity index (χ1n) is 7.48. The van der Waals surface area contributed by atoms with Crippen LogP contribution in [-0.4, -0.2) is 56.0 Å². The maximum atomic E-state index is 12.3. The van der Waals surface area contributed by atoms with Crippen molar-refractivity contribution in [3.63, 3.8) is 0 Å². The summed E-state index contributed by atoms with van der Waals surface area (Å²) in [4.78, 5) is 26.8. The number of rotatable bonds is 6. The van der Waals surface area contributed by atoms with Gasteiger partial charge in [-0.25, -0.2) is 0 Å². The maximum absolute atomic E-state index is 12.3. The van der Waals surface area contributed by atoms with E-state index in [1.54, 1.807) is 24.1 Å². The van der Waals surface area contributed by atoms with E-state index in [9.17, 15) is 14.9 Å². The number of anilines is 1. The summed E-state index contributed by atoms with van der Waals surface area (Å²) in [6, 6.07) is 4.77. The Balaban J connectivity index is 2.25. The monoisotopic (exact) mass is 306 g/mol. The smallest absolute Gasteiger partial charge is 0.293 e. The van der Waals surface area contributed by atoms with E-state index in [1.807, 2.05) is 11.9 Å². The Labute approximate surface area is 130 Å². The molecule has 0 aliphatic carbocycles. The van der Waals surface area contributed by atoms with E-state index in [0.29, 0.717) is 24.3 Å². The summed E-state index contributed by atoms with van der Waals surface area (Å²) in [6.45, 7) is 2.89. The highest BCUT2D eigenvalue weighted by Crippen LogP contribution is 2.31. The Hall–Kier alpha value is -2.15. The number of likely N-dealkylation sites (N-methyl/N-ethyl adjacent to an activating group) is 2. The third-order valence-electron chi connectivity index (χ3n) is 3.91. The molecule has 1 aliphatic heterocycles. The molecule has 1 aromatic carbocycles. The molecule has 22 heavy (non-hydrogen) atoms. The fourth-order valence-electron chi connectivity index (χ4n) is 2.63. The molecule has 120 valence electrons. The summed E-state index contributed by atoms with van der Waals surface area (Å²) >= 11 is 0. The Bertz CT molecular complexity index is 556. The minimum absolute atomic E-state index is 0.00904. The second-order valence-corrected chi connectivity index (χ2v) is 5.49. The molecule has 0 bridgehead atoms. The number of nitrogens with one attached hydrogen (secondary N) is 1. The largest absolute Gasteiger partial charge is 0.366 e. The Morgan fingerprint density at radius 2 is 2.09 bits per heavy atom. The summed E-state index contributed by atoms with van der Waals surface area (Å²) in [5.41, 5.74) is 0.972. The highest BCUT2D eigenvalue weighted by Gasteiger charge is 2.24. The molecule has 1 aromatic rings. The number of benzene rings is 1. The second-order valence-electron chi connectivity index (χ2n) is 5.49. The van der Waals surface area contributed by atoms with Crippen molar-refractivity contribution >= 4 is 17.3 Å². The second kappa shape index (κ2) is 7.22. The van der Waals surface area contributed by atoms with Crippen LogP contribution in [0.5, 0.6) is 0 Å². The van der Waals surface area contributed by atoms with E-state index in [-0.39, 0.29) is 11.6 Å². The van der Waals surface area contributed by atoms with Gasteiger partial charge in [0, 0.05) is 44.9 Å². The third kappa shape index (κ3) is 3.54. The van der Waals surface area contributed by atoms with Crippen LogP contribution in [0.25, 0.3) is 0 Å². The lowest BCUT2D eigenvalue weighted by Crippen LogP contribution is -2.32. The number of nitrogens with zero attached hydrogens (tertiary/aromatic N) is 3. The lowest BCUT2D eigenvalue weighted by Gasteiger charge is -2.20. The number of amides is 1. The number of hydrogen-bond donors (Lipinski definition) is 1. The van der Waals surface area contributed by atoms with Crippen molar-refractivity contribution in [2.24, 2.45) is 0 Å². The van der Waals surface area contributed by atoms with Gasteiger partial charge in [-0.1, -0.05) is 0 Å². The SMILES string of the molecule is CNCCN(C)C(=O)c1ccc(N2CCCC2)c([N+](=O)[O-])c1. The van der Waals surface area contributed by atoms with Crippen LogP contribution < -0.4 is 10.2 Å². The summed E-state index contributed by atoms with van der Waals surface area (Å²) < 4.78 is 0. The average Bonchev–Trinajstić information content (AvgIpc) is 3.05. The van der Waals surface area contributed by atoms with Crippen molar-refractivity contribution in [3.8, 4) is 0 Å². The molecule has 1 amide bonds. The fraction of sp³-hybridized carbons (Fsp3) is 0.533. The fourth-order valence-corrected chi connectivity index (χ4v) is 2.63. The molecule has 1 heterocycles. The first-order chi connectivity index (χ1) is 10.5. The van der Waals surface area contributed by atoms with E-state index >= 15 is 0 Å². The highest BCUT2D eigenvalue weighted by atomic mass is 16.6. The van der Waals surface area contributed by atoms with Gasteiger partial charge in [0.05, 0.1) is 4.92 Å². The van der Waals surface area contributed by atoms with Crippen molar-refractivity contribution in [1.29, 1.82) is 0 Å². The zero-order chi connectivity index (χ0) is 16.1. The summed E-state index contributed by atoms with van der Waals surface area (Å²) in [6.07, 6.45) is 2.09. The van der Waals surface area contributed by atoms with E-state index in [4.69, 9.17) is 0 Å². The predicted octanol–water partition coefficient (Wildman–Crippen LogP) is 1.49. The van der Waals surface area contributed by atoms with Crippen LogP contribution in [-0.2, 0) is 0 Å². The molecule has 0 saturated carbocycles. The normalized spacial score (nSPS) is 14.2. The molecule has 0 unspecified atom stereocenters. The van der Waals surface area contributed by atoms with Crippen molar-refractivity contribution in [1.82, 2.24) is 10.2 Å². The lowest BCUT2D eigenvalue weighted by molar-refractivity contribution is -0.384. The molecule has 1 fully saturated rings. The van der Waals surface area contributed by atoms with Gasteiger partial charge in [0.2, 0.25) is 0 Å². The van der Waals surface area contributed by atoms with Gasteiger partial charge in [-0.2, -0.15) is 0 Å². The molecule has 0 spiro atoms. The van der Waals surface area contributed by atoms with Crippen LogP contribution >= 0.6 is 0 Å². The van der Waals surface area contributed by atoms with Crippen LogP contribution in [0.15, 0.2) is 18.2 Å². The number of nitro groups is 1. The first kappa shape index (κ1) is 16.2. The number of nitro benzene ring substituents is 1. The topological polar surface area (TPSA) is 78.7 Å². The molecule has 0 aromatic heterocycles. The van der Waals surface area contributed by atoms with Crippen LogP contribution in [0.1, 0.15) is 23.2 Å². The van der Waals surface area contributed by atoms with E-state index in [1.165, 1.54) is 6.07 Å². The minimum atomic E-state index is -0.405. The zero-order valence-corrected chi connectivity index (χ0v) is 13.0. The summed E-state index contributed by atoms with van der Waals surface area (Å²) in [7, 11) is 3.51. The molecular formula is C15H22N4O3. The average molecular weight is 306 g/mol. The van der Waals surface area contributed by atoms with Crippen molar-refractivity contribution in [2.45, 2.75) is 12.8 Å². The predicted molar refractivity (Wildman–Crippen MR) is 85.4 cm³/mol. The molecule has 0 radical (unpaired) electrons. The van der Waals surface area contributed by atoms with Crippen LogP contribution in [0, 0.1) is 10.1 Å². The molecule has 2 rings (SSSR count). The Morgan fingerprint density at radius 1 is 1.41 bits per heavy atom. The first-order valence-corrected chi connectivity index (χ1v) is 7.48. The molecule has 0 atom stereocenters. The molecule has 1 saturated heterocycles. The molecular weight excluding hydrogens is 284 g/mol. The van der Waals surface area contributed by atoms with Gasteiger partial charge in [-0.05, 0) is 32.0 Å². The quantitative estimate of drug-likeness (QED) is 0.636. The van der Waals surface area contributed by atoms with Gasteiger partial charge < -0.3 is 15.1 Å². The molecule has 1 N–H and O–H groups in total. The van der Waals surface area contributed by atoms with Crippen LogP contribution in [0.4, 0.5) is 11.4 Å². The molecule has 1 aliphatic rings. The summed E-state index contributed by atoms with van der Waals surface area (Å²) in [5.74, 6) is -0.202. The number of carbonyl (C=O) groups excluding carboxylic acids is 1. The standard InChI is InChI=1S/C15H22N4O3/c1-16-7-10-17(2)15(20)12-5-6-13(14(11-12)19(21)22)18-8-3-4-9-18/h5-6,11,16H,3-4,7-10H2,1-2H3. The maximum Gasteiger partial charge on any atom is 0.293 e. The third-order valence-corrected chi connectivity index (χ3v) is 3.91. The van der Waals surface area contributed by atoms with Gasteiger partial charge >= 0.3 is 0 Å². The van der Waals surface area contributed by atoms with Crippen molar-refractivity contribution in [2.75, 3.05) is 45.2 Å². The van der Waals surface area contributed by atoms with E-state index < -0.39 is 4.92 Å². The van der Waals surface area contributed by atoms with Gasteiger partial charge in [-0.15, -0.1) is 0 Å². The van der Waals surface area contributed by atoms with E-state index in [2.05, 4.69) is 5.32 Å². The lowest BCUT2D eigenvalue weighted by atomic mass is 10.1. The summed E-state index contributed by atoms with van der Waals surface area (Å²) in [5, 5.41) is 14.3. The Morgan fingerprint density at radius 3 is 2.68 bits per heavy atom. The highest BCUT2D eigenvalue weighted by molar-refractivity contribution is 5.95. The molecule has 7 nitrogen and oxygen atoms in total. The van der Waals surface area contributed by atoms with E-state index in [0.717, 1.165) is 25.9 Å². The van der Waals surface area contributed by atoms with Crippen LogP contribution in [0.3, 0.4) is 0 Å². The minimum Gasteiger partial charge on any atom is -0.366 e. The van der Waals surface area contributed by atoms with Gasteiger partial charge in [0.25, 0.3) is 11.6 Å². The Kier molecular flexibility index (Phi) is 5.32. The van der Waals surface area contributed by atoms with Gasteiger partial charge in [-0.3, -0.25) is 14.9 Å². The van der Waals surface area contributed by atoms with Crippen LogP contribution in [0.2, 0.25) is 0 Å². The number of carbonyl (C=O) groups is 1. The van der Waals surface area contributed by atoms with Gasteiger partial charge in [0.15, 0.2) is 0 Å². The number of hydrogen-bond acceptors (Lipinski definition) is 5. The molecule has 7 heteroatoms. The van der Waals surface area contributed by atoms with Gasteiger partial charge in [0.1, 0.15) is 5.69 Å². The van der Waals surface area contributed by atoms with Crippen molar-refractivity contribution < 1.29 is 9.72 Å². The van der Waals surface area contributed by atoms with Crippen molar-refractivity contribution in [3.05, 3.63) is 33.9 Å².